The van der Waals surface area contributed by atoms with Crippen LogP contribution in [-0.2, 0) is 17.9 Å². The fraction of sp³-hybridized carbons (Fsp3) is 0.588. The number of carbonyl (C=O) groups is 1. The van der Waals surface area contributed by atoms with Gasteiger partial charge in [-0.1, -0.05) is 31.2 Å². The average molecular weight is 288 g/mol. The highest BCUT2D eigenvalue weighted by atomic mass is 16.4. The quantitative estimate of drug-likeness (QED) is 0.873. The van der Waals surface area contributed by atoms with E-state index in [-0.39, 0.29) is 0 Å². The van der Waals surface area contributed by atoms with Crippen LogP contribution in [-0.4, -0.2) is 34.1 Å². The summed E-state index contributed by atoms with van der Waals surface area (Å²) in [6, 6.07) is 8.91. The molecule has 2 atom stereocenters. The molecule has 1 fully saturated rings. The average Bonchev–Trinajstić information content (AvgIpc) is 3.09. The molecule has 2 N–H and O–H groups in total. The van der Waals surface area contributed by atoms with Crippen molar-refractivity contribution in [2.75, 3.05) is 6.54 Å². The van der Waals surface area contributed by atoms with E-state index in [1.54, 1.807) is 0 Å². The Morgan fingerprint density at radius 2 is 2.05 bits per heavy atom. The topological polar surface area (TPSA) is 52.6 Å². The molecule has 0 saturated heterocycles. The maximum absolute atomic E-state index is 11.7. The van der Waals surface area contributed by atoms with E-state index in [4.69, 9.17) is 0 Å². The molecule has 114 valence electrons. The van der Waals surface area contributed by atoms with Crippen LogP contribution < -0.4 is 5.32 Å². The molecule has 0 bridgehead atoms. The summed E-state index contributed by atoms with van der Waals surface area (Å²) >= 11 is 0. The molecule has 0 aromatic heterocycles. The second-order valence-corrected chi connectivity index (χ2v) is 6.38. The highest BCUT2D eigenvalue weighted by Crippen LogP contribution is 2.37. The van der Waals surface area contributed by atoms with Gasteiger partial charge in [0.1, 0.15) is 5.54 Å². The Labute approximate surface area is 126 Å². The molecule has 1 aromatic carbocycles. The summed E-state index contributed by atoms with van der Waals surface area (Å²) in [5.74, 6) is -0.685. The van der Waals surface area contributed by atoms with Gasteiger partial charge in [-0.15, -0.1) is 0 Å². The second kappa shape index (κ2) is 5.78. The van der Waals surface area contributed by atoms with Crippen LogP contribution in [0, 0.1) is 0 Å². The van der Waals surface area contributed by atoms with Crippen LogP contribution in [0.15, 0.2) is 24.3 Å². The molecule has 4 nitrogen and oxygen atoms in total. The molecule has 1 saturated carbocycles. The first kappa shape index (κ1) is 14.5. The van der Waals surface area contributed by atoms with Crippen molar-refractivity contribution in [3.8, 4) is 0 Å². The summed E-state index contributed by atoms with van der Waals surface area (Å²) in [5, 5.41) is 12.9. The predicted octanol–water partition coefficient (Wildman–Crippen LogP) is 2.38. The van der Waals surface area contributed by atoms with Gasteiger partial charge in [-0.25, -0.2) is 0 Å². The van der Waals surface area contributed by atoms with Crippen LogP contribution in [0.4, 0.5) is 0 Å². The number of aliphatic carboxylic acids is 1. The third-order valence-electron chi connectivity index (χ3n) is 4.99. The van der Waals surface area contributed by atoms with Crippen molar-refractivity contribution in [2.45, 2.75) is 57.3 Å². The summed E-state index contributed by atoms with van der Waals surface area (Å²) < 4.78 is 0. The minimum absolute atomic E-state index is 0.373. The first-order valence-corrected chi connectivity index (χ1v) is 7.94. The Morgan fingerprint density at radius 3 is 2.62 bits per heavy atom. The number of hydrogen-bond acceptors (Lipinski definition) is 3. The van der Waals surface area contributed by atoms with Crippen molar-refractivity contribution in [3.05, 3.63) is 35.4 Å². The van der Waals surface area contributed by atoms with Gasteiger partial charge in [0.15, 0.2) is 0 Å². The van der Waals surface area contributed by atoms with Crippen LogP contribution in [0.2, 0.25) is 0 Å². The highest BCUT2D eigenvalue weighted by Gasteiger charge is 2.47. The first-order chi connectivity index (χ1) is 10.1. The van der Waals surface area contributed by atoms with Crippen molar-refractivity contribution in [1.29, 1.82) is 0 Å². The van der Waals surface area contributed by atoms with E-state index in [0.29, 0.717) is 6.04 Å². The SMILES string of the molecule is CCCNC1(C(=O)O)CCC(N2Cc3ccccc3C2)C1. The lowest BCUT2D eigenvalue weighted by atomic mass is 9.97. The molecule has 0 spiro atoms. The normalized spacial score (nSPS) is 28.7. The molecular weight excluding hydrogens is 264 g/mol. The van der Waals surface area contributed by atoms with Crippen LogP contribution in [0.5, 0.6) is 0 Å². The Hall–Kier alpha value is -1.39. The van der Waals surface area contributed by atoms with Gasteiger partial charge in [0.05, 0.1) is 0 Å². The van der Waals surface area contributed by atoms with E-state index in [9.17, 15) is 9.90 Å². The largest absolute Gasteiger partial charge is 0.480 e. The van der Waals surface area contributed by atoms with Gasteiger partial charge < -0.3 is 10.4 Å². The lowest BCUT2D eigenvalue weighted by Gasteiger charge is -2.28. The molecular formula is C17H24N2O2. The lowest BCUT2D eigenvalue weighted by Crippen LogP contribution is -2.51. The zero-order chi connectivity index (χ0) is 14.9. The molecule has 1 heterocycles. The summed E-state index contributed by atoms with van der Waals surface area (Å²) in [5.41, 5.74) is 2.08. The van der Waals surface area contributed by atoms with Crippen molar-refractivity contribution < 1.29 is 9.90 Å². The zero-order valence-electron chi connectivity index (χ0n) is 12.6. The number of hydrogen-bond donors (Lipinski definition) is 2. The van der Waals surface area contributed by atoms with Gasteiger partial charge in [0, 0.05) is 19.1 Å². The number of rotatable bonds is 5. The molecule has 1 aliphatic carbocycles. The van der Waals surface area contributed by atoms with Gasteiger partial charge >= 0.3 is 5.97 Å². The van der Waals surface area contributed by atoms with E-state index < -0.39 is 11.5 Å². The van der Waals surface area contributed by atoms with E-state index in [2.05, 4.69) is 41.4 Å². The second-order valence-electron chi connectivity index (χ2n) is 6.38. The Morgan fingerprint density at radius 1 is 1.38 bits per heavy atom. The van der Waals surface area contributed by atoms with Crippen LogP contribution in [0.3, 0.4) is 0 Å². The number of benzene rings is 1. The third-order valence-corrected chi connectivity index (χ3v) is 4.99. The Kier molecular flexibility index (Phi) is 4.00. The molecule has 3 rings (SSSR count). The van der Waals surface area contributed by atoms with Gasteiger partial charge in [-0.05, 0) is 43.4 Å². The summed E-state index contributed by atoms with van der Waals surface area (Å²) in [6.07, 6.45) is 3.39. The van der Waals surface area contributed by atoms with E-state index in [0.717, 1.165) is 45.3 Å². The highest BCUT2D eigenvalue weighted by molar-refractivity contribution is 5.79. The van der Waals surface area contributed by atoms with E-state index in [1.807, 2.05) is 0 Å². The van der Waals surface area contributed by atoms with Crippen molar-refractivity contribution >= 4 is 5.97 Å². The fourth-order valence-electron chi connectivity index (χ4n) is 3.74. The molecule has 21 heavy (non-hydrogen) atoms. The van der Waals surface area contributed by atoms with E-state index in [1.165, 1.54) is 11.1 Å². The number of fused-ring (bicyclic) bond motifs is 1. The van der Waals surface area contributed by atoms with Crippen molar-refractivity contribution in [1.82, 2.24) is 10.2 Å². The van der Waals surface area contributed by atoms with Gasteiger partial charge in [0.25, 0.3) is 0 Å². The molecule has 1 aromatic rings. The minimum Gasteiger partial charge on any atom is -0.480 e. The molecule has 2 aliphatic rings. The number of carboxylic acids is 1. The maximum Gasteiger partial charge on any atom is 0.323 e. The minimum atomic E-state index is -0.713. The van der Waals surface area contributed by atoms with Crippen LogP contribution in [0.25, 0.3) is 0 Å². The summed E-state index contributed by atoms with van der Waals surface area (Å²) in [6.45, 7) is 4.78. The third kappa shape index (κ3) is 2.70. The maximum atomic E-state index is 11.7. The van der Waals surface area contributed by atoms with E-state index >= 15 is 0 Å². The summed E-state index contributed by atoms with van der Waals surface area (Å²) in [7, 11) is 0. The van der Waals surface area contributed by atoms with Crippen LogP contribution in [0.1, 0.15) is 43.7 Å². The molecule has 2 unspecified atom stereocenters. The standard InChI is InChI=1S/C17H24N2O2/c1-2-9-18-17(16(20)21)8-7-15(10-17)19-11-13-5-3-4-6-14(13)12-19/h3-6,15,18H,2,7-12H2,1H3,(H,20,21). The lowest BCUT2D eigenvalue weighted by molar-refractivity contribution is -0.144. The van der Waals surface area contributed by atoms with Crippen molar-refractivity contribution in [2.24, 2.45) is 0 Å². The molecule has 0 amide bonds. The number of carboxylic acid groups (broad SMARTS) is 1. The van der Waals surface area contributed by atoms with Gasteiger partial charge in [0.2, 0.25) is 0 Å². The summed E-state index contributed by atoms with van der Waals surface area (Å²) in [4.78, 5) is 14.2. The Bertz CT molecular complexity index is 506. The van der Waals surface area contributed by atoms with Gasteiger partial charge in [-0.3, -0.25) is 9.69 Å². The molecule has 4 heteroatoms. The number of nitrogens with zero attached hydrogens (tertiary/aromatic N) is 1. The Balaban J connectivity index is 1.68. The van der Waals surface area contributed by atoms with Crippen molar-refractivity contribution in [3.63, 3.8) is 0 Å². The van der Waals surface area contributed by atoms with Gasteiger partial charge in [-0.2, -0.15) is 0 Å². The zero-order valence-corrected chi connectivity index (χ0v) is 12.6. The number of nitrogens with one attached hydrogen (secondary N) is 1. The molecule has 0 radical (unpaired) electrons. The fourth-order valence-corrected chi connectivity index (χ4v) is 3.74. The predicted molar refractivity (Wildman–Crippen MR) is 82.0 cm³/mol. The monoisotopic (exact) mass is 288 g/mol. The molecule has 1 aliphatic heterocycles. The smallest absolute Gasteiger partial charge is 0.323 e. The first-order valence-electron chi connectivity index (χ1n) is 7.94. The van der Waals surface area contributed by atoms with Crippen LogP contribution >= 0.6 is 0 Å².